The SMILES string of the molecule is CON(CC(C)C)c1ccc(N)c(OC(C)C)c1. The van der Waals surface area contributed by atoms with Crippen LogP contribution in [-0.4, -0.2) is 19.8 Å². The van der Waals surface area contributed by atoms with Crippen LogP contribution in [0.15, 0.2) is 18.2 Å². The standard InChI is InChI=1S/C14H24N2O2/c1-10(2)9-16(17-5)12-6-7-13(15)14(8-12)18-11(3)4/h6-8,10-11H,9,15H2,1-5H3. The van der Waals surface area contributed by atoms with E-state index in [2.05, 4.69) is 13.8 Å². The fourth-order valence-corrected chi connectivity index (χ4v) is 1.65. The Labute approximate surface area is 110 Å². The molecule has 18 heavy (non-hydrogen) atoms. The highest BCUT2D eigenvalue weighted by molar-refractivity contribution is 5.61. The summed E-state index contributed by atoms with van der Waals surface area (Å²) in [4.78, 5) is 5.38. The monoisotopic (exact) mass is 252 g/mol. The molecule has 0 aromatic heterocycles. The number of rotatable bonds is 6. The Hall–Kier alpha value is -1.42. The Morgan fingerprint density at radius 1 is 1.22 bits per heavy atom. The molecule has 0 amide bonds. The zero-order valence-corrected chi connectivity index (χ0v) is 11.9. The van der Waals surface area contributed by atoms with Gasteiger partial charge >= 0.3 is 0 Å². The first kappa shape index (κ1) is 14.6. The Bertz CT molecular complexity index is 378. The van der Waals surface area contributed by atoms with Gasteiger partial charge in [-0.25, -0.2) is 0 Å². The molecule has 4 heteroatoms. The van der Waals surface area contributed by atoms with Gasteiger partial charge in [-0.2, -0.15) is 0 Å². The maximum Gasteiger partial charge on any atom is 0.144 e. The first-order valence-corrected chi connectivity index (χ1v) is 6.31. The largest absolute Gasteiger partial charge is 0.489 e. The number of hydrogen-bond donors (Lipinski definition) is 1. The summed E-state index contributed by atoms with van der Waals surface area (Å²) < 4.78 is 5.68. The van der Waals surface area contributed by atoms with Gasteiger partial charge in [0, 0.05) is 12.6 Å². The van der Waals surface area contributed by atoms with Crippen molar-refractivity contribution in [2.24, 2.45) is 5.92 Å². The number of hydrogen-bond acceptors (Lipinski definition) is 4. The van der Waals surface area contributed by atoms with E-state index in [1.807, 2.05) is 37.1 Å². The molecule has 0 unspecified atom stereocenters. The lowest BCUT2D eigenvalue weighted by Gasteiger charge is -2.24. The predicted octanol–water partition coefficient (Wildman–Crippen LogP) is 3.08. The summed E-state index contributed by atoms with van der Waals surface area (Å²) in [6, 6.07) is 5.70. The number of anilines is 2. The fraction of sp³-hybridized carbons (Fsp3) is 0.571. The molecule has 4 nitrogen and oxygen atoms in total. The predicted molar refractivity (Wildman–Crippen MR) is 75.8 cm³/mol. The lowest BCUT2D eigenvalue weighted by Crippen LogP contribution is -2.26. The van der Waals surface area contributed by atoms with Gasteiger partial charge in [0.15, 0.2) is 0 Å². The maximum atomic E-state index is 5.90. The minimum atomic E-state index is 0.101. The van der Waals surface area contributed by atoms with Crippen LogP contribution in [-0.2, 0) is 4.84 Å². The molecule has 0 aliphatic carbocycles. The van der Waals surface area contributed by atoms with Crippen LogP contribution in [0.4, 0.5) is 11.4 Å². The summed E-state index contributed by atoms with van der Waals surface area (Å²) in [5.41, 5.74) is 7.50. The highest BCUT2D eigenvalue weighted by Crippen LogP contribution is 2.29. The Balaban J connectivity index is 2.94. The van der Waals surface area contributed by atoms with Gasteiger partial charge in [0.25, 0.3) is 0 Å². The zero-order valence-electron chi connectivity index (χ0n) is 11.9. The molecule has 0 atom stereocenters. The second-order valence-corrected chi connectivity index (χ2v) is 5.03. The molecule has 1 rings (SSSR count). The highest BCUT2D eigenvalue weighted by atomic mass is 16.7. The van der Waals surface area contributed by atoms with E-state index < -0.39 is 0 Å². The minimum Gasteiger partial charge on any atom is -0.489 e. The lowest BCUT2D eigenvalue weighted by atomic mass is 10.2. The van der Waals surface area contributed by atoms with Crippen molar-refractivity contribution in [2.75, 3.05) is 24.5 Å². The van der Waals surface area contributed by atoms with Crippen LogP contribution in [0, 0.1) is 5.92 Å². The molecule has 0 saturated carbocycles. The molecule has 102 valence electrons. The van der Waals surface area contributed by atoms with Crippen molar-refractivity contribution >= 4 is 11.4 Å². The molecule has 0 heterocycles. The molecular formula is C14H24N2O2. The first-order valence-electron chi connectivity index (χ1n) is 6.31. The summed E-state index contributed by atoms with van der Waals surface area (Å²) in [5.74, 6) is 1.21. The van der Waals surface area contributed by atoms with Gasteiger partial charge < -0.3 is 10.5 Å². The summed E-state index contributed by atoms with van der Waals surface area (Å²) >= 11 is 0. The maximum absolute atomic E-state index is 5.90. The summed E-state index contributed by atoms with van der Waals surface area (Å²) in [5, 5.41) is 1.84. The van der Waals surface area contributed by atoms with Crippen LogP contribution >= 0.6 is 0 Å². The van der Waals surface area contributed by atoms with E-state index in [0.717, 1.165) is 12.2 Å². The third-order valence-corrected chi connectivity index (χ3v) is 2.40. The molecular weight excluding hydrogens is 228 g/mol. The summed E-state index contributed by atoms with van der Waals surface area (Å²) in [6.07, 6.45) is 0.101. The van der Waals surface area contributed by atoms with Gasteiger partial charge in [0.1, 0.15) is 5.75 Å². The molecule has 0 spiro atoms. The van der Waals surface area contributed by atoms with Crippen molar-refractivity contribution < 1.29 is 9.57 Å². The zero-order chi connectivity index (χ0) is 13.7. The molecule has 1 aromatic rings. The number of nitrogens with two attached hydrogens (primary N) is 1. The van der Waals surface area contributed by atoms with E-state index >= 15 is 0 Å². The van der Waals surface area contributed by atoms with E-state index in [0.29, 0.717) is 17.4 Å². The quantitative estimate of drug-likeness (QED) is 0.624. The van der Waals surface area contributed by atoms with Gasteiger partial charge in [0.2, 0.25) is 0 Å². The molecule has 2 N–H and O–H groups in total. The Morgan fingerprint density at radius 2 is 1.89 bits per heavy atom. The number of hydroxylamine groups is 1. The smallest absolute Gasteiger partial charge is 0.144 e. The van der Waals surface area contributed by atoms with Gasteiger partial charge in [-0.15, -0.1) is 0 Å². The topological polar surface area (TPSA) is 47.7 Å². The van der Waals surface area contributed by atoms with E-state index in [1.165, 1.54) is 0 Å². The molecule has 0 bridgehead atoms. The van der Waals surface area contributed by atoms with Crippen molar-refractivity contribution in [3.63, 3.8) is 0 Å². The van der Waals surface area contributed by atoms with Crippen molar-refractivity contribution in [3.8, 4) is 5.75 Å². The fourth-order valence-electron chi connectivity index (χ4n) is 1.65. The molecule has 1 aromatic carbocycles. The van der Waals surface area contributed by atoms with Crippen molar-refractivity contribution in [1.29, 1.82) is 0 Å². The number of nitrogens with zero attached hydrogens (tertiary/aromatic N) is 1. The summed E-state index contributed by atoms with van der Waals surface area (Å²) in [6.45, 7) is 9.08. The highest BCUT2D eigenvalue weighted by Gasteiger charge is 2.11. The van der Waals surface area contributed by atoms with Crippen molar-refractivity contribution in [2.45, 2.75) is 33.8 Å². The van der Waals surface area contributed by atoms with Crippen molar-refractivity contribution in [3.05, 3.63) is 18.2 Å². The third-order valence-electron chi connectivity index (χ3n) is 2.40. The van der Waals surface area contributed by atoms with Gasteiger partial charge in [-0.1, -0.05) is 13.8 Å². The lowest BCUT2D eigenvalue weighted by molar-refractivity contribution is 0.158. The molecule has 0 aliphatic heterocycles. The average Bonchev–Trinajstić information content (AvgIpc) is 2.28. The average molecular weight is 252 g/mol. The summed E-state index contributed by atoms with van der Waals surface area (Å²) in [7, 11) is 1.67. The normalized spacial score (nSPS) is 11.1. The second-order valence-electron chi connectivity index (χ2n) is 5.03. The second kappa shape index (κ2) is 6.50. The van der Waals surface area contributed by atoms with Crippen LogP contribution in [0.25, 0.3) is 0 Å². The van der Waals surface area contributed by atoms with Crippen LogP contribution in [0.3, 0.4) is 0 Å². The van der Waals surface area contributed by atoms with E-state index in [-0.39, 0.29) is 6.10 Å². The van der Waals surface area contributed by atoms with E-state index in [1.54, 1.807) is 7.11 Å². The number of benzene rings is 1. The van der Waals surface area contributed by atoms with E-state index in [4.69, 9.17) is 15.3 Å². The van der Waals surface area contributed by atoms with E-state index in [9.17, 15) is 0 Å². The van der Waals surface area contributed by atoms with Crippen LogP contribution < -0.4 is 15.5 Å². The number of ether oxygens (including phenoxy) is 1. The molecule has 0 saturated heterocycles. The van der Waals surface area contributed by atoms with Crippen LogP contribution in [0.1, 0.15) is 27.7 Å². The minimum absolute atomic E-state index is 0.101. The molecule has 0 radical (unpaired) electrons. The molecule has 0 fully saturated rings. The van der Waals surface area contributed by atoms with Crippen LogP contribution in [0.2, 0.25) is 0 Å². The Kier molecular flexibility index (Phi) is 5.28. The van der Waals surface area contributed by atoms with Crippen LogP contribution in [0.5, 0.6) is 5.75 Å². The van der Waals surface area contributed by atoms with Gasteiger partial charge in [-0.3, -0.25) is 9.90 Å². The van der Waals surface area contributed by atoms with Gasteiger partial charge in [-0.05, 0) is 31.9 Å². The Morgan fingerprint density at radius 3 is 2.39 bits per heavy atom. The molecule has 0 aliphatic rings. The number of nitrogen functional groups attached to an aromatic ring is 1. The van der Waals surface area contributed by atoms with Gasteiger partial charge in [0.05, 0.1) is 24.6 Å². The van der Waals surface area contributed by atoms with Crippen molar-refractivity contribution in [1.82, 2.24) is 0 Å². The third kappa shape index (κ3) is 4.11. The first-order chi connectivity index (χ1) is 8.43.